The van der Waals surface area contributed by atoms with E-state index in [1.165, 1.54) is 0 Å². The molecule has 0 bridgehead atoms. The van der Waals surface area contributed by atoms with Gasteiger partial charge in [-0.25, -0.2) is 4.79 Å². The molecule has 0 aliphatic rings. The summed E-state index contributed by atoms with van der Waals surface area (Å²) in [4.78, 5) is 12.6. The van der Waals surface area contributed by atoms with Gasteiger partial charge in [-0.1, -0.05) is 97.6 Å². The third-order valence-electron chi connectivity index (χ3n) is 4.14. The molecule has 0 aliphatic carbocycles. The predicted molar refractivity (Wildman–Crippen MR) is 125 cm³/mol. The Kier molecular flexibility index (Phi) is 9.75. The lowest BCUT2D eigenvalue weighted by Gasteiger charge is -2.35. The molecule has 0 saturated heterocycles. The molecule has 164 valence electrons. The van der Waals surface area contributed by atoms with Crippen molar-refractivity contribution in [2.24, 2.45) is 0 Å². The van der Waals surface area contributed by atoms with Gasteiger partial charge in [-0.2, -0.15) is 18.3 Å². The topological polar surface area (TPSA) is 101 Å². The summed E-state index contributed by atoms with van der Waals surface area (Å²) in [5, 5.41) is 0. The molecule has 0 heterocycles. The van der Waals surface area contributed by atoms with Crippen molar-refractivity contribution in [3.8, 4) is 0 Å². The monoisotopic (exact) mass is 460 g/mol. The molecule has 3 rings (SSSR count). The maximum atomic E-state index is 12.6. The molecule has 0 radical (unpaired) electrons. The molecule has 31 heavy (non-hydrogen) atoms. The summed E-state index contributed by atoms with van der Waals surface area (Å²) in [5.74, 6) is -0.420. The van der Waals surface area contributed by atoms with Gasteiger partial charge in [-0.15, -0.1) is 0 Å². The van der Waals surface area contributed by atoms with Crippen LogP contribution in [0.3, 0.4) is 0 Å². The van der Waals surface area contributed by atoms with E-state index in [2.05, 4.69) is 6.58 Å². The van der Waals surface area contributed by atoms with Gasteiger partial charge in [0.1, 0.15) is 0 Å². The summed E-state index contributed by atoms with van der Waals surface area (Å²) in [6.45, 7) is 5.41. The molecule has 1 atom stereocenters. The lowest BCUT2D eigenvalue weighted by molar-refractivity contribution is -0.148. The Labute approximate surface area is 185 Å². The second-order valence-electron chi connectivity index (χ2n) is 6.40. The molecule has 2 N–H and O–H groups in total. The molecule has 1 unspecified atom stereocenters. The van der Waals surface area contributed by atoms with Crippen LogP contribution in [0.25, 0.3) is 0 Å². The maximum absolute atomic E-state index is 12.6. The number of esters is 1. The minimum absolute atomic E-state index is 0. The van der Waals surface area contributed by atoms with Gasteiger partial charge in [0.25, 0.3) is 0 Å². The van der Waals surface area contributed by atoms with Crippen molar-refractivity contribution in [1.82, 2.24) is 0 Å². The van der Waals surface area contributed by atoms with Gasteiger partial charge in [-0.05, 0) is 6.92 Å². The summed E-state index contributed by atoms with van der Waals surface area (Å²) < 4.78 is 37.7. The average Bonchev–Trinajstić information content (AvgIpc) is 2.72. The lowest BCUT2D eigenvalue weighted by atomic mass is 9.80. The van der Waals surface area contributed by atoms with Crippen LogP contribution >= 0.6 is 9.90 Å². The van der Waals surface area contributed by atoms with Crippen LogP contribution in [0, 0.1) is 0 Å². The first-order chi connectivity index (χ1) is 14.1. The van der Waals surface area contributed by atoms with Gasteiger partial charge < -0.3 is 4.74 Å². The zero-order valence-electron chi connectivity index (χ0n) is 17.0. The second kappa shape index (κ2) is 11.5. The maximum Gasteiger partial charge on any atom is 0.394 e. The third-order valence-corrected chi connectivity index (χ3v) is 4.14. The number of rotatable bonds is 5. The zero-order chi connectivity index (χ0) is 22.2. The van der Waals surface area contributed by atoms with Gasteiger partial charge >= 0.3 is 16.4 Å². The predicted octanol–water partition coefficient (Wildman–Crippen LogP) is 4.50. The highest BCUT2D eigenvalue weighted by atomic mass is 32.3. The minimum Gasteiger partial charge on any atom is -0.441 e. The van der Waals surface area contributed by atoms with E-state index >= 15 is 0 Å². The van der Waals surface area contributed by atoms with E-state index in [9.17, 15) is 4.79 Å². The number of benzene rings is 3. The van der Waals surface area contributed by atoms with E-state index in [0.717, 1.165) is 16.7 Å². The molecule has 6 nitrogen and oxygen atoms in total. The summed E-state index contributed by atoms with van der Waals surface area (Å²) in [6, 6.07) is 29.4. The molecule has 0 aliphatic heterocycles. The van der Waals surface area contributed by atoms with Crippen LogP contribution < -0.4 is 0 Å². The fourth-order valence-electron chi connectivity index (χ4n) is 2.92. The standard InChI is InChI=1S/C23H20O2.H2O4S.H3P/c1-18(2)22(24)25-23(19-12-6-3-7-13-19,20-14-8-4-9-15-20)21-16-10-5-11-17-21;1-5(2,3)4;/h3-17H,1H2,2H3;(H2,1,2,3,4);1H3. The Bertz CT molecular complexity index is 980. The molecule has 8 heteroatoms. The Morgan fingerprint density at radius 3 is 1.26 bits per heavy atom. The van der Waals surface area contributed by atoms with Crippen LogP contribution in [-0.2, 0) is 25.5 Å². The zero-order valence-corrected chi connectivity index (χ0v) is 19.2. The number of carbonyl (C=O) groups excluding carboxylic acids is 1. The van der Waals surface area contributed by atoms with Crippen molar-refractivity contribution in [3.05, 3.63) is 120 Å². The summed E-state index contributed by atoms with van der Waals surface area (Å²) in [6.07, 6.45) is 0. The van der Waals surface area contributed by atoms with Crippen molar-refractivity contribution < 1.29 is 27.1 Å². The molecule has 3 aromatic rings. The second-order valence-corrected chi connectivity index (χ2v) is 7.29. The van der Waals surface area contributed by atoms with E-state index in [0.29, 0.717) is 5.57 Å². The smallest absolute Gasteiger partial charge is 0.394 e. The first kappa shape index (κ1) is 26.2. The third kappa shape index (κ3) is 7.42. The highest BCUT2D eigenvalue weighted by Gasteiger charge is 2.40. The number of ether oxygens (including phenoxy) is 1. The summed E-state index contributed by atoms with van der Waals surface area (Å²) in [7, 11) is -4.67. The lowest BCUT2D eigenvalue weighted by Crippen LogP contribution is -2.35. The van der Waals surface area contributed by atoms with Gasteiger partial charge in [0.05, 0.1) is 0 Å². The van der Waals surface area contributed by atoms with Crippen LogP contribution in [0.5, 0.6) is 0 Å². The Hall–Kier alpha value is -2.83. The normalized spacial score (nSPS) is 10.7. The SMILES string of the molecule is C=C(C)C(=O)OC(c1ccccc1)(c1ccccc1)c1ccccc1.O=S(=O)(O)O.P. The Morgan fingerprint density at radius 1 is 0.774 bits per heavy atom. The van der Waals surface area contributed by atoms with E-state index < -0.39 is 22.0 Å². The molecule has 0 saturated carbocycles. The summed E-state index contributed by atoms with van der Waals surface area (Å²) in [5.41, 5.74) is 2.01. The van der Waals surface area contributed by atoms with Crippen molar-refractivity contribution in [3.63, 3.8) is 0 Å². The molecule has 0 aromatic heterocycles. The number of carbonyl (C=O) groups is 1. The highest BCUT2D eigenvalue weighted by molar-refractivity contribution is 7.79. The Morgan fingerprint density at radius 2 is 1.03 bits per heavy atom. The fourth-order valence-corrected chi connectivity index (χ4v) is 2.92. The van der Waals surface area contributed by atoms with Crippen LogP contribution in [0.1, 0.15) is 23.6 Å². The summed E-state index contributed by atoms with van der Waals surface area (Å²) >= 11 is 0. The van der Waals surface area contributed by atoms with Crippen molar-refractivity contribution in [1.29, 1.82) is 0 Å². The minimum atomic E-state index is -4.67. The molecular weight excluding hydrogens is 435 g/mol. The largest absolute Gasteiger partial charge is 0.441 e. The van der Waals surface area contributed by atoms with Gasteiger partial charge in [0, 0.05) is 22.3 Å². The molecular formula is C23H25O6PS. The van der Waals surface area contributed by atoms with E-state index in [1.54, 1.807) is 6.92 Å². The van der Waals surface area contributed by atoms with Gasteiger partial charge in [-0.3, -0.25) is 9.11 Å². The highest BCUT2D eigenvalue weighted by Crippen LogP contribution is 2.40. The number of hydrogen-bond acceptors (Lipinski definition) is 4. The molecule has 3 aromatic carbocycles. The van der Waals surface area contributed by atoms with Crippen LogP contribution in [-0.4, -0.2) is 23.5 Å². The van der Waals surface area contributed by atoms with Crippen LogP contribution in [0.4, 0.5) is 0 Å². The Balaban J connectivity index is 0.000000721. The van der Waals surface area contributed by atoms with Crippen molar-refractivity contribution in [2.45, 2.75) is 12.5 Å². The van der Waals surface area contributed by atoms with Crippen LogP contribution in [0.2, 0.25) is 0 Å². The molecule has 0 amide bonds. The van der Waals surface area contributed by atoms with E-state index in [4.69, 9.17) is 22.3 Å². The number of hydrogen-bond donors (Lipinski definition) is 2. The van der Waals surface area contributed by atoms with Gasteiger partial charge in [0.15, 0.2) is 5.60 Å². The quantitative estimate of drug-likeness (QED) is 0.191. The first-order valence-electron chi connectivity index (χ1n) is 8.90. The van der Waals surface area contributed by atoms with E-state index in [1.807, 2.05) is 91.0 Å². The average molecular weight is 460 g/mol. The van der Waals surface area contributed by atoms with Crippen molar-refractivity contribution >= 4 is 26.3 Å². The molecule has 0 spiro atoms. The van der Waals surface area contributed by atoms with Crippen LogP contribution in [0.15, 0.2) is 103 Å². The van der Waals surface area contributed by atoms with E-state index in [-0.39, 0.29) is 9.90 Å². The fraction of sp³-hybridized carbons (Fsp3) is 0.0870. The first-order valence-corrected chi connectivity index (χ1v) is 10.3. The molecule has 0 fully saturated rings. The van der Waals surface area contributed by atoms with Gasteiger partial charge in [0.2, 0.25) is 0 Å². The van der Waals surface area contributed by atoms with Crippen molar-refractivity contribution in [2.75, 3.05) is 0 Å².